The lowest BCUT2D eigenvalue weighted by molar-refractivity contribution is -0.120. The van der Waals surface area contributed by atoms with Gasteiger partial charge in [-0.3, -0.25) is 9.18 Å². The van der Waals surface area contributed by atoms with Gasteiger partial charge in [0.2, 0.25) is 5.91 Å². The Labute approximate surface area is 68.3 Å². The molecule has 0 bridgehead atoms. The first-order valence-corrected chi connectivity index (χ1v) is 4.32. The first-order chi connectivity index (χ1) is 4.81. The van der Waals surface area contributed by atoms with Crippen molar-refractivity contribution in [2.24, 2.45) is 0 Å². The number of carbonyl (C=O) groups excluding carboxylic acids is 1. The van der Waals surface area contributed by atoms with Crippen LogP contribution in [0, 0.1) is 0 Å². The van der Waals surface area contributed by atoms with Gasteiger partial charge in [0.05, 0.1) is 6.67 Å². The number of alkyl halides is 2. The van der Waals surface area contributed by atoms with Gasteiger partial charge >= 0.3 is 0 Å². The molecule has 4 heteroatoms. The van der Waals surface area contributed by atoms with E-state index < -0.39 is 0 Å². The second-order valence-electron chi connectivity index (χ2n) is 1.83. The highest BCUT2D eigenvalue weighted by Crippen LogP contribution is 1.87. The highest BCUT2D eigenvalue weighted by atomic mass is 79.9. The Bertz CT molecular complexity index is 99.7. The molecule has 0 aromatic heterocycles. The molecular formula is C6H11BrFNO. The van der Waals surface area contributed by atoms with Gasteiger partial charge < -0.3 is 5.32 Å². The van der Waals surface area contributed by atoms with Crippen LogP contribution in [0.3, 0.4) is 0 Å². The van der Waals surface area contributed by atoms with Crippen LogP contribution >= 0.6 is 15.9 Å². The molecule has 0 aliphatic heterocycles. The molecule has 0 saturated carbocycles. The Morgan fingerprint density at radius 2 is 2.30 bits per heavy atom. The third kappa shape index (κ3) is 6.01. The summed E-state index contributed by atoms with van der Waals surface area (Å²) in [6.45, 7) is 0.0803. The van der Waals surface area contributed by atoms with Gasteiger partial charge in [0.15, 0.2) is 0 Å². The molecule has 0 radical (unpaired) electrons. The molecule has 0 fully saturated rings. The standard InChI is InChI=1S/C6H11BrFNO/c7-3-2-6(10)9-5-1-4-8/h1-5H2,(H,9,10). The lowest BCUT2D eigenvalue weighted by Gasteiger charge is -1.99. The van der Waals surface area contributed by atoms with E-state index in [9.17, 15) is 9.18 Å². The predicted molar refractivity (Wildman–Crippen MR) is 42.0 cm³/mol. The normalized spacial score (nSPS) is 9.40. The Morgan fingerprint density at radius 1 is 1.60 bits per heavy atom. The van der Waals surface area contributed by atoms with Gasteiger partial charge in [-0.2, -0.15) is 0 Å². The molecule has 0 aromatic rings. The number of hydrogen-bond donors (Lipinski definition) is 1. The predicted octanol–water partition coefficient (Wildman–Crippen LogP) is 1.25. The van der Waals surface area contributed by atoms with E-state index in [0.29, 0.717) is 24.7 Å². The number of halogens is 2. The first-order valence-electron chi connectivity index (χ1n) is 3.20. The lowest BCUT2D eigenvalue weighted by atomic mass is 10.4. The largest absolute Gasteiger partial charge is 0.356 e. The summed E-state index contributed by atoms with van der Waals surface area (Å²) in [6.07, 6.45) is 0.875. The Kier molecular flexibility index (Phi) is 6.91. The zero-order chi connectivity index (χ0) is 7.82. The summed E-state index contributed by atoms with van der Waals surface area (Å²) in [5, 5.41) is 3.24. The van der Waals surface area contributed by atoms with E-state index in [1.165, 1.54) is 0 Å². The van der Waals surface area contributed by atoms with Crippen LogP contribution in [0.4, 0.5) is 4.39 Å². The second-order valence-corrected chi connectivity index (χ2v) is 2.62. The average Bonchev–Trinajstić information content (AvgIpc) is 1.89. The van der Waals surface area contributed by atoms with Gasteiger partial charge in [-0.25, -0.2) is 0 Å². The monoisotopic (exact) mass is 211 g/mol. The summed E-state index contributed by atoms with van der Waals surface area (Å²) in [4.78, 5) is 10.7. The third-order valence-corrected chi connectivity index (χ3v) is 1.35. The zero-order valence-electron chi connectivity index (χ0n) is 5.70. The minimum absolute atomic E-state index is 0.0228. The van der Waals surface area contributed by atoms with Crippen LogP contribution in [0.2, 0.25) is 0 Å². The fraction of sp³-hybridized carbons (Fsp3) is 0.833. The SMILES string of the molecule is O=C(CCBr)NCCCF. The lowest BCUT2D eigenvalue weighted by Crippen LogP contribution is -2.24. The van der Waals surface area contributed by atoms with Gasteiger partial charge in [-0.15, -0.1) is 0 Å². The van der Waals surface area contributed by atoms with Crippen molar-refractivity contribution in [1.82, 2.24) is 5.32 Å². The number of carbonyl (C=O) groups is 1. The van der Waals surface area contributed by atoms with Gasteiger partial charge in [-0.05, 0) is 6.42 Å². The van der Waals surface area contributed by atoms with Crippen molar-refractivity contribution in [3.8, 4) is 0 Å². The molecule has 0 aliphatic rings. The molecule has 0 spiro atoms. The van der Waals surface area contributed by atoms with E-state index in [4.69, 9.17) is 0 Å². The van der Waals surface area contributed by atoms with Crippen LogP contribution in [0.5, 0.6) is 0 Å². The van der Waals surface area contributed by atoms with Crippen LogP contribution < -0.4 is 5.32 Å². The smallest absolute Gasteiger partial charge is 0.220 e. The van der Waals surface area contributed by atoms with E-state index in [1.54, 1.807) is 0 Å². The van der Waals surface area contributed by atoms with E-state index >= 15 is 0 Å². The molecular weight excluding hydrogens is 201 g/mol. The van der Waals surface area contributed by atoms with Crippen molar-refractivity contribution in [3.63, 3.8) is 0 Å². The molecule has 2 nitrogen and oxygen atoms in total. The number of rotatable bonds is 5. The van der Waals surface area contributed by atoms with Crippen molar-refractivity contribution in [1.29, 1.82) is 0 Å². The van der Waals surface area contributed by atoms with Crippen LogP contribution in [-0.2, 0) is 4.79 Å². The van der Waals surface area contributed by atoms with Gasteiger partial charge in [0.1, 0.15) is 0 Å². The molecule has 0 aromatic carbocycles. The summed E-state index contributed by atoms with van der Waals surface area (Å²) in [5.74, 6) is -0.0228. The van der Waals surface area contributed by atoms with Gasteiger partial charge in [0, 0.05) is 18.3 Å². The molecule has 0 unspecified atom stereocenters. The number of amides is 1. The van der Waals surface area contributed by atoms with Crippen LogP contribution in [0.15, 0.2) is 0 Å². The van der Waals surface area contributed by atoms with Crippen LogP contribution in [0.25, 0.3) is 0 Å². The molecule has 1 amide bonds. The summed E-state index contributed by atoms with van der Waals surface area (Å²) in [7, 11) is 0. The topological polar surface area (TPSA) is 29.1 Å². The Balaban J connectivity index is 3.05. The van der Waals surface area contributed by atoms with Crippen molar-refractivity contribution < 1.29 is 9.18 Å². The molecule has 60 valence electrons. The molecule has 10 heavy (non-hydrogen) atoms. The van der Waals surface area contributed by atoms with Gasteiger partial charge in [-0.1, -0.05) is 15.9 Å². The fourth-order valence-electron chi connectivity index (χ4n) is 0.469. The molecule has 0 heterocycles. The Hall–Kier alpha value is -0.120. The molecule has 1 N–H and O–H groups in total. The van der Waals surface area contributed by atoms with Crippen molar-refractivity contribution in [2.45, 2.75) is 12.8 Å². The highest BCUT2D eigenvalue weighted by Gasteiger charge is 1.96. The average molecular weight is 212 g/mol. The molecule has 0 aliphatic carbocycles. The van der Waals surface area contributed by atoms with Crippen molar-refractivity contribution >= 4 is 21.8 Å². The second kappa shape index (κ2) is 6.99. The van der Waals surface area contributed by atoms with Crippen LogP contribution in [0.1, 0.15) is 12.8 Å². The van der Waals surface area contributed by atoms with E-state index in [-0.39, 0.29) is 12.6 Å². The van der Waals surface area contributed by atoms with Crippen LogP contribution in [-0.4, -0.2) is 24.5 Å². The maximum Gasteiger partial charge on any atom is 0.220 e. The summed E-state index contributed by atoms with van der Waals surface area (Å²) in [6, 6.07) is 0. The summed E-state index contributed by atoms with van der Waals surface area (Å²) < 4.78 is 11.5. The minimum Gasteiger partial charge on any atom is -0.356 e. The minimum atomic E-state index is -0.366. The van der Waals surface area contributed by atoms with E-state index in [1.807, 2.05) is 0 Å². The maximum absolute atomic E-state index is 11.5. The molecule has 0 atom stereocenters. The van der Waals surface area contributed by atoms with Crippen molar-refractivity contribution in [3.05, 3.63) is 0 Å². The highest BCUT2D eigenvalue weighted by molar-refractivity contribution is 9.09. The van der Waals surface area contributed by atoms with E-state index in [0.717, 1.165) is 0 Å². The molecule has 0 saturated heterocycles. The first kappa shape index (κ1) is 9.88. The maximum atomic E-state index is 11.5. The quantitative estimate of drug-likeness (QED) is 0.539. The fourth-order valence-corrected chi connectivity index (χ4v) is 0.829. The number of hydrogen-bond acceptors (Lipinski definition) is 1. The summed E-state index contributed by atoms with van der Waals surface area (Å²) in [5.41, 5.74) is 0. The third-order valence-electron chi connectivity index (χ3n) is 0.954. The van der Waals surface area contributed by atoms with E-state index in [2.05, 4.69) is 21.2 Å². The number of nitrogens with one attached hydrogen (secondary N) is 1. The zero-order valence-corrected chi connectivity index (χ0v) is 7.29. The molecule has 0 rings (SSSR count). The van der Waals surface area contributed by atoms with Crippen molar-refractivity contribution in [2.75, 3.05) is 18.5 Å². The summed E-state index contributed by atoms with van der Waals surface area (Å²) >= 11 is 3.12. The van der Waals surface area contributed by atoms with Gasteiger partial charge in [0.25, 0.3) is 0 Å². The Morgan fingerprint density at radius 3 is 2.80 bits per heavy atom.